The number of rotatable bonds is 5. The molecule has 2 unspecified atom stereocenters. The van der Waals surface area contributed by atoms with Crippen molar-refractivity contribution in [3.05, 3.63) is 11.7 Å². The molecule has 1 amide bonds. The summed E-state index contributed by atoms with van der Waals surface area (Å²) in [5.41, 5.74) is -0.538. The van der Waals surface area contributed by atoms with Crippen LogP contribution in [0.2, 0.25) is 0 Å². The third-order valence-electron chi connectivity index (χ3n) is 6.01. The first-order valence-corrected chi connectivity index (χ1v) is 9.46. The molecule has 0 spiro atoms. The van der Waals surface area contributed by atoms with Gasteiger partial charge >= 0.3 is 5.97 Å². The Morgan fingerprint density at radius 1 is 1.08 bits per heavy atom. The largest absolute Gasteiger partial charge is 0.481 e. The van der Waals surface area contributed by atoms with Crippen molar-refractivity contribution < 1.29 is 19.2 Å². The van der Waals surface area contributed by atoms with Gasteiger partial charge in [-0.25, -0.2) is 0 Å². The van der Waals surface area contributed by atoms with Crippen molar-refractivity contribution in [3.8, 4) is 0 Å². The summed E-state index contributed by atoms with van der Waals surface area (Å²) in [6.45, 7) is 0. The predicted molar refractivity (Wildman–Crippen MR) is 87.6 cm³/mol. The summed E-state index contributed by atoms with van der Waals surface area (Å²) in [7, 11) is 0. The fourth-order valence-electron chi connectivity index (χ4n) is 4.30. The van der Waals surface area contributed by atoms with E-state index < -0.39 is 17.4 Å². The first-order valence-electron chi connectivity index (χ1n) is 9.46. The van der Waals surface area contributed by atoms with E-state index >= 15 is 0 Å². The van der Waals surface area contributed by atoms with Crippen molar-refractivity contribution in [2.45, 2.75) is 75.7 Å². The van der Waals surface area contributed by atoms with Gasteiger partial charge in [0.2, 0.25) is 11.8 Å². The Morgan fingerprint density at radius 3 is 2.48 bits per heavy atom. The van der Waals surface area contributed by atoms with Crippen LogP contribution < -0.4 is 5.32 Å². The molecule has 3 aliphatic rings. The molecule has 1 heterocycles. The summed E-state index contributed by atoms with van der Waals surface area (Å²) in [6, 6.07) is 0. The fraction of sp³-hybridized carbons (Fsp3) is 0.778. The number of hydrogen-bond acceptors (Lipinski definition) is 5. The molecule has 25 heavy (non-hydrogen) atoms. The summed E-state index contributed by atoms with van der Waals surface area (Å²) < 4.78 is 5.41. The SMILES string of the molecule is O=C(O)C1CCCC(C(=O)NC2(c3noc(C4CC4)n3)CCCC2)C1. The average molecular weight is 347 g/mol. The van der Waals surface area contributed by atoms with Gasteiger partial charge in [-0.05, 0) is 44.9 Å². The highest BCUT2D eigenvalue weighted by atomic mass is 16.5. The maximum atomic E-state index is 12.9. The molecule has 2 atom stereocenters. The number of nitrogens with zero attached hydrogens (tertiary/aromatic N) is 2. The van der Waals surface area contributed by atoms with Crippen LogP contribution in [0.5, 0.6) is 0 Å². The minimum Gasteiger partial charge on any atom is -0.481 e. The van der Waals surface area contributed by atoms with E-state index in [0.717, 1.165) is 51.4 Å². The number of carbonyl (C=O) groups is 2. The lowest BCUT2D eigenvalue weighted by Gasteiger charge is -2.31. The Balaban J connectivity index is 1.49. The Kier molecular flexibility index (Phi) is 4.25. The van der Waals surface area contributed by atoms with E-state index in [1.165, 1.54) is 0 Å². The van der Waals surface area contributed by atoms with Gasteiger partial charge in [-0.15, -0.1) is 0 Å². The lowest BCUT2D eigenvalue weighted by Crippen LogP contribution is -2.48. The Morgan fingerprint density at radius 2 is 1.80 bits per heavy atom. The quantitative estimate of drug-likeness (QED) is 0.848. The third-order valence-corrected chi connectivity index (χ3v) is 6.01. The number of aromatic nitrogens is 2. The monoisotopic (exact) mass is 347 g/mol. The second-order valence-electron chi connectivity index (χ2n) is 7.91. The fourth-order valence-corrected chi connectivity index (χ4v) is 4.30. The number of carbonyl (C=O) groups excluding carboxylic acids is 1. The van der Waals surface area contributed by atoms with Crippen molar-refractivity contribution in [1.29, 1.82) is 0 Å². The summed E-state index contributed by atoms with van der Waals surface area (Å²) in [5.74, 6) is 0.207. The maximum absolute atomic E-state index is 12.9. The molecule has 3 aliphatic carbocycles. The molecule has 7 heteroatoms. The van der Waals surface area contributed by atoms with Crippen LogP contribution in [0.3, 0.4) is 0 Å². The second kappa shape index (κ2) is 6.42. The van der Waals surface area contributed by atoms with E-state index in [1.807, 2.05) is 0 Å². The van der Waals surface area contributed by atoms with E-state index in [4.69, 9.17) is 4.52 Å². The van der Waals surface area contributed by atoms with Gasteiger partial charge in [-0.3, -0.25) is 9.59 Å². The van der Waals surface area contributed by atoms with Crippen LogP contribution in [0.1, 0.15) is 81.8 Å². The summed E-state index contributed by atoms with van der Waals surface area (Å²) >= 11 is 0. The van der Waals surface area contributed by atoms with Crippen molar-refractivity contribution in [1.82, 2.24) is 15.5 Å². The van der Waals surface area contributed by atoms with Gasteiger partial charge in [0, 0.05) is 11.8 Å². The van der Waals surface area contributed by atoms with E-state index in [9.17, 15) is 14.7 Å². The first kappa shape index (κ1) is 16.5. The molecule has 0 bridgehead atoms. The van der Waals surface area contributed by atoms with Crippen LogP contribution in [0, 0.1) is 11.8 Å². The molecule has 0 saturated heterocycles. The van der Waals surface area contributed by atoms with Gasteiger partial charge in [-0.1, -0.05) is 24.4 Å². The van der Waals surface area contributed by atoms with Crippen LogP contribution in [-0.4, -0.2) is 27.1 Å². The molecule has 4 rings (SSSR count). The highest BCUT2D eigenvalue weighted by Crippen LogP contribution is 2.42. The third kappa shape index (κ3) is 3.28. The van der Waals surface area contributed by atoms with Crippen LogP contribution >= 0.6 is 0 Å². The molecule has 0 aromatic carbocycles. The number of hydrogen-bond donors (Lipinski definition) is 2. The minimum atomic E-state index is -0.791. The first-order chi connectivity index (χ1) is 12.1. The molecular formula is C18H25N3O4. The minimum absolute atomic E-state index is 0.0504. The zero-order chi connectivity index (χ0) is 17.4. The molecule has 3 saturated carbocycles. The summed E-state index contributed by atoms with van der Waals surface area (Å²) in [4.78, 5) is 28.7. The molecule has 2 N–H and O–H groups in total. The molecular weight excluding hydrogens is 322 g/mol. The number of carboxylic acid groups (broad SMARTS) is 1. The van der Waals surface area contributed by atoms with E-state index in [1.54, 1.807) is 0 Å². The molecule has 7 nitrogen and oxygen atoms in total. The maximum Gasteiger partial charge on any atom is 0.306 e. The Bertz CT molecular complexity index is 661. The summed E-state index contributed by atoms with van der Waals surface area (Å²) in [5, 5.41) is 16.6. The highest BCUT2D eigenvalue weighted by molar-refractivity contribution is 5.81. The Labute approximate surface area is 146 Å². The predicted octanol–water partition coefficient (Wildman–Crippen LogP) is 2.72. The van der Waals surface area contributed by atoms with Gasteiger partial charge in [0.25, 0.3) is 0 Å². The summed E-state index contributed by atoms with van der Waals surface area (Å²) in [6.07, 6.45) is 8.51. The van der Waals surface area contributed by atoms with E-state index in [0.29, 0.717) is 30.5 Å². The van der Waals surface area contributed by atoms with Gasteiger partial charge in [0.15, 0.2) is 5.82 Å². The standard InChI is InChI=1S/C18H25N3O4/c22-14(12-4-3-5-13(10-12)16(23)24)20-18(8-1-2-9-18)17-19-15(25-21-17)11-6-7-11/h11-13H,1-10H2,(H,20,22)(H,23,24). The zero-order valence-corrected chi connectivity index (χ0v) is 14.4. The van der Waals surface area contributed by atoms with E-state index in [2.05, 4.69) is 15.5 Å². The van der Waals surface area contributed by atoms with Gasteiger partial charge in [0.1, 0.15) is 5.54 Å². The van der Waals surface area contributed by atoms with Crippen LogP contribution in [0.25, 0.3) is 0 Å². The number of carboxylic acids is 1. The van der Waals surface area contributed by atoms with Gasteiger partial charge < -0.3 is 14.9 Å². The van der Waals surface area contributed by atoms with Crippen molar-refractivity contribution in [3.63, 3.8) is 0 Å². The molecule has 1 aromatic heterocycles. The Hall–Kier alpha value is -1.92. The number of nitrogens with one attached hydrogen (secondary N) is 1. The topological polar surface area (TPSA) is 105 Å². The molecule has 0 radical (unpaired) electrons. The molecule has 1 aromatic rings. The van der Waals surface area contributed by atoms with Crippen LogP contribution in [0.15, 0.2) is 4.52 Å². The van der Waals surface area contributed by atoms with E-state index in [-0.39, 0.29) is 11.8 Å². The van der Waals surface area contributed by atoms with Crippen molar-refractivity contribution in [2.75, 3.05) is 0 Å². The van der Waals surface area contributed by atoms with Gasteiger partial charge in [-0.2, -0.15) is 4.98 Å². The normalized spacial score (nSPS) is 28.6. The van der Waals surface area contributed by atoms with Gasteiger partial charge in [0.05, 0.1) is 5.92 Å². The average Bonchev–Trinajstić information content (AvgIpc) is 3.15. The lowest BCUT2D eigenvalue weighted by atomic mass is 9.80. The smallest absolute Gasteiger partial charge is 0.306 e. The van der Waals surface area contributed by atoms with Crippen molar-refractivity contribution >= 4 is 11.9 Å². The highest BCUT2D eigenvalue weighted by Gasteiger charge is 2.44. The second-order valence-corrected chi connectivity index (χ2v) is 7.91. The lowest BCUT2D eigenvalue weighted by molar-refractivity contribution is -0.144. The molecule has 0 aliphatic heterocycles. The van der Waals surface area contributed by atoms with Crippen molar-refractivity contribution in [2.24, 2.45) is 11.8 Å². The molecule has 3 fully saturated rings. The number of amides is 1. The molecule has 136 valence electrons. The zero-order valence-electron chi connectivity index (χ0n) is 14.4. The van der Waals surface area contributed by atoms with Crippen LogP contribution in [0.4, 0.5) is 0 Å². The number of aliphatic carboxylic acids is 1. The van der Waals surface area contributed by atoms with Crippen LogP contribution in [-0.2, 0) is 15.1 Å².